The summed E-state index contributed by atoms with van der Waals surface area (Å²) in [6.07, 6.45) is 4.07. The summed E-state index contributed by atoms with van der Waals surface area (Å²) >= 11 is 0. The Morgan fingerprint density at radius 1 is 1.17 bits per heavy atom. The molecule has 0 unspecified atom stereocenters. The molecule has 3 rings (SSSR count). The van der Waals surface area contributed by atoms with Crippen molar-refractivity contribution in [2.75, 3.05) is 48.4 Å². The molecule has 6 heteroatoms. The molecule has 0 spiro atoms. The first-order chi connectivity index (χ1) is 11.9. The molecule has 2 aromatic rings. The van der Waals surface area contributed by atoms with E-state index in [4.69, 9.17) is 4.74 Å². The number of nitrogens with one attached hydrogen (secondary N) is 2. The second-order valence-corrected chi connectivity index (χ2v) is 5.79. The van der Waals surface area contributed by atoms with E-state index in [0.29, 0.717) is 5.95 Å². The van der Waals surface area contributed by atoms with Crippen molar-refractivity contribution >= 4 is 23.1 Å². The number of benzene rings is 1. The highest BCUT2D eigenvalue weighted by molar-refractivity contribution is 5.73. The minimum atomic E-state index is 0.609. The first kappa shape index (κ1) is 16.5. The van der Waals surface area contributed by atoms with Crippen LogP contribution in [-0.2, 0) is 4.74 Å². The van der Waals surface area contributed by atoms with Crippen LogP contribution in [0.15, 0.2) is 36.5 Å². The third kappa shape index (κ3) is 4.35. The normalized spacial score (nSPS) is 14.5. The smallest absolute Gasteiger partial charge is 0.229 e. The zero-order chi connectivity index (χ0) is 16.6. The van der Waals surface area contributed by atoms with Crippen LogP contribution in [0.5, 0.6) is 0 Å². The van der Waals surface area contributed by atoms with Crippen molar-refractivity contribution in [1.29, 1.82) is 0 Å². The highest BCUT2D eigenvalue weighted by atomic mass is 16.5. The molecule has 128 valence electrons. The van der Waals surface area contributed by atoms with Gasteiger partial charge in [-0.1, -0.05) is 25.5 Å². The van der Waals surface area contributed by atoms with Gasteiger partial charge in [0.2, 0.25) is 5.95 Å². The summed E-state index contributed by atoms with van der Waals surface area (Å²) in [5.41, 5.74) is 2.18. The van der Waals surface area contributed by atoms with E-state index < -0.39 is 0 Å². The molecule has 0 atom stereocenters. The van der Waals surface area contributed by atoms with Crippen molar-refractivity contribution in [3.8, 4) is 0 Å². The first-order valence-electron chi connectivity index (χ1n) is 8.62. The number of ether oxygens (including phenoxy) is 1. The van der Waals surface area contributed by atoms with E-state index in [1.165, 1.54) is 0 Å². The molecule has 0 amide bonds. The number of aromatic nitrogens is 2. The van der Waals surface area contributed by atoms with Gasteiger partial charge in [0.05, 0.1) is 24.6 Å². The van der Waals surface area contributed by atoms with Crippen molar-refractivity contribution in [3.05, 3.63) is 36.5 Å². The number of hydrogen-bond donors (Lipinski definition) is 2. The van der Waals surface area contributed by atoms with Crippen molar-refractivity contribution in [3.63, 3.8) is 0 Å². The van der Waals surface area contributed by atoms with Gasteiger partial charge in [-0.3, -0.25) is 0 Å². The van der Waals surface area contributed by atoms with Crippen molar-refractivity contribution in [2.45, 2.75) is 19.8 Å². The fourth-order valence-electron chi connectivity index (χ4n) is 2.69. The summed E-state index contributed by atoms with van der Waals surface area (Å²) in [5, 5.41) is 6.69. The van der Waals surface area contributed by atoms with Crippen LogP contribution in [0.1, 0.15) is 19.8 Å². The van der Waals surface area contributed by atoms with E-state index in [1.54, 1.807) is 6.20 Å². The number of morpholine rings is 1. The third-order valence-electron chi connectivity index (χ3n) is 3.99. The van der Waals surface area contributed by atoms with E-state index in [0.717, 1.165) is 62.9 Å². The summed E-state index contributed by atoms with van der Waals surface area (Å²) in [6.45, 7) is 6.44. The second-order valence-electron chi connectivity index (χ2n) is 5.79. The maximum absolute atomic E-state index is 5.45. The van der Waals surface area contributed by atoms with Crippen molar-refractivity contribution in [1.82, 2.24) is 9.97 Å². The summed E-state index contributed by atoms with van der Waals surface area (Å²) in [7, 11) is 0. The molecule has 24 heavy (non-hydrogen) atoms. The van der Waals surface area contributed by atoms with E-state index in [-0.39, 0.29) is 0 Å². The second kappa shape index (κ2) is 8.49. The molecule has 1 fully saturated rings. The molecule has 1 aliphatic heterocycles. The van der Waals surface area contributed by atoms with Crippen LogP contribution in [-0.4, -0.2) is 42.8 Å². The van der Waals surface area contributed by atoms with Gasteiger partial charge in [0.1, 0.15) is 5.82 Å². The minimum absolute atomic E-state index is 0.609. The van der Waals surface area contributed by atoms with E-state index in [9.17, 15) is 0 Å². The lowest BCUT2D eigenvalue weighted by molar-refractivity contribution is 0.123. The molecule has 1 aromatic heterocycles. The van der Waals surface area contributed by atoms with Crippen LogP contribution in [0, 0.1) is 0 Å². The standard InChI is InChI=1S/C18H25N5O/c1-2-3-9-19-17-8-10-20-18(22-17)21-15-6-4-5-7-16(15)23-11-13-24-14-12-23/h4-8,10H,2-3,9,11-14H2,1H3,(H2,19,20,21,22). The zero-order valence-corrected chi connectivity index (χ0v) is 14.2. The van der Waals surface area contributed by atoms with Gasteiger partial charge < -0.3 is 20.3 Å². The molecule has 6 nitrogen and oxygen atoms in total. The molecule has 2 N–H and O–H groups in total. The van der Waals surface area contributed by atoms with Gasteiger partial charge in [-0.05, 0) is 24.6 Å². The first-order valence-corrected chi connectivity index (χ1v) is 8.62. The zero-order valence-electron chi connectivity index (χ0n) is 14.2. The van der Waals surface area contributed by atoms with Crippen LogP contribution >= 0.6 is 0 Å². The molecular formula is C18H25N5O. The summed E-state index contributed by atoms with van der Waals surface area (Å²) in [4.78, 5) is 11.2. The van der Waals surface area contributed by atoms with Gasteiger partial charge in [0.25, 0.3) is 0 Å². The average Bonchev–Trinajstić information content (AvgIpc) is 2.64. The summed E-state index contributed by atoms with van der Waals surface area (Å²) < 4.78 is 5.45. The molecule has 0 bridgehead atoms. The Bertz CT molecular complexity index is 643. The largest absolute Gasteiger partial charge is 0.378 e. The molecule has 2 heterocycles. The number of rotatable bonds is 7. The van der Waals surface area contributed by atoms with Crippen LogP contribution in [0.2, 0.25) is 0 Å². The predicted molar refractivity (Wildman–Crippen MR) is 98.2 cm³/mol. The Labute approximate surface area is 143 Å². The highest BCUT2D eigenvalue weighted by Crippen LogP contribution is 2.28. The van der Waals surface area contributed by atoms with Crippen molar-refractivity contribution in [2.24, 2.45) is 0 Å². The van der Waals surface area contributed by atoms with Gasteiger partial charge in [0.15, 0.2) is 0 Å². The third-order valence-corrected chi connectivity index (χ3v) is 3.99. The fourth-order valence-corrected chi connectivity index (χ4v) is 2.69. The lowest BCUT2D eigenvalue weighted by atomic mass is 10.2. The Morgan fingerprint density at radius 2 is 2.00 bits per heavy atom. The molecular weight excluding hydrogens is 302 g/mol. The van der Waals surface area contributed by atoms with Gasteiger partial charge >= 0.3 is 0 Å². The SMILES string of the molecule is CCCCNc1ccnc(Nc2ccccc2N2CCOCC2)n1. The maximum Gasteiger partial charge on any atom is 0.229 e. The predicted octanol–water partition coefficient (Wildman–Crippen LogP) is 3.27. The van der Waals surface area contributed by atoms with Crippen LogP contribution in [0.4, 0.5) is 23.1 Å². The van der Waals surface area contributed by atoms with Gasteiger partial charge in [-0.2, -0.15) is 4.98 Å². The number of anilines is 4. The van der Waals surface area contributed by atoms with Gasteiger partial charge in [0, 0.05) is 25.8 Å². The van der Waals surface area contributed by atoms with Crippen LogP contribution in [0.3, 0.4) is 0 Å². The number of unbranched alkanes of at least 4 members (excludes halogenated alkanes) is 1. The van der Waals surface area contributed by atoms with Crippen LogP contribution < -0.4 is 15.5 Å². The molecule has 1 aliphatic rings. The summed E-state index contributed by atoms with van der Waals surface area (Å²) in [6, 6.07) is 10.2. The maximum atomic E-state index is 5.45. The molecule has 1 aromatic carbocycles. The number of hydrogen-bond acceptors (Lipinski definition) is 6. The Morgan fingerprint density at radius 3 is 2.83 bits per heavy atom. The molecule has 0 saturated carbocycles. The minimum Gasteiger partial charge on any atom is -0.378 e. The topological polar surface area (TPSA) is 62.3 Å². The molecule has 0 radical (unpaired) electrons. The van der Waals surface area contributed by atoms with Gasteiger partial charge in [-0.25, -0.2) is 4.98 Å². The quantitative estimate of drug-likeness (QED) is 0.761. The Hall–Kier alpha value is -2.34. The summed E-state index contributed by atoms with van der Waals surface area (Å²) in [5.74, 6) is 1.46. The van der Waals surface area contributed by atoms with E-state index >= 15 is 0 Å². The molecule has 1 saturated heterocycles. The van der Waals surface area contributed by atoms with E-state index in [1.807, 2.05) is 12.1 Å². The number of para-hydroxylation sites is 2. The Balaban J connectivity index is 1.72. The lowest BCUT2D eigenvalue weighted by Gasteiger charge is -2.30. The number of nitrogens with zero attached hydrogens (tertiary/aromatic N) is 3. The van der Waals surface area contributed by atoms with Crippen molar-refractivity contribution < 1.29 is 4.74 Å². The fraction of sp³-hybridized carbons (Fsp3) is 0.444. The van der Waals surface area contributed by atoms with E-state index in [2.05, 4.69) is 50.6 Å². The monoisotopic (exact) mass is 327 g/mol. The average molecular weight is 327 g/mol. The highest BCUT2D eigenvalue weighted by Gasteiger charge is 2.15. The van der Waals surface area contributed by atoms with Gasteiger partial charge in [-0.15, -0.1) is 0 Å². The lowest BCUT2D eigenvalue weighted by Crippen LogP contribution is -2.36. The Kier molecular flexibility index (Phi) is 5.85. The van der Waals surface area contributed by atoms with Crippen LogP contribution in [0.25, 0.3) is 0 Å². The molecule has 0 aliphatic carbocycles.